The number of rotatable bonds is 1. The Balaban J connectivity index is 2.37. The Morgan fingerprint density at radius 1 is 1.46 bits per heavy atom. The van der Waals surface area contributed by atoms with Crippen LogP contribution in [0.2, 0.25) is 0 Å². The van der Waals surface area contributed by atoms with Gasteiger partial charge in [-0.15, -0.1) is 0 Å². The van der Waals surface area contributed by atoms with Crippen molar-refractivity contribution >= 4 is 6.41 Å². The first-order valence-corrected chi connectivity index (χ1v) is 4.58. The van der Waals surface area contributed by atoms with Gasteiger partial charge in [-0.3, -0.25) is 4.79 Å². The molecule has 0 radical (unpaired) electrons. The van der Waals surface area contributed by atoms with Crippen molar-refractivity contribution < 1.29 is 4.79 Å². The first-order valence-electron chi connectivity index (χ1n) is 4.58. The highest BCUT2D eigenvalue weighted by Crippen LogP contribution is 2.20. The molecule has 2 heteroatoms. The van der Waals surface area contributed by atoms with Gasteiger partial charge in [0, 0.05) is 13.1 Å². The van der Waals surface area contributed by atoms with Crippen molar-refractivity contribution in [3.8, 4) is 0 Å². The molecular formula is C11H13NO. The Hall–Kier alpha value is -1.31. The molecule has 0 spiro atoms. The molecule has 1 aliphatic heterocycles. The molecule has 0 N–H and O–H groups in total. The Bertz CT molecular complexity index is 333. The predicted octanol–water partition coefficient (Wildman–Crippen LogP) is 1.51. The van der Waals surface area contributed by atoms with Gasteiger partial charge in [0.1, 0.15) is 0 Å². The van der Waals surface area contributed by atoms with Crippen LogP contribution < -0.4 is 0 Å². The number of benzene rings is 1. The van der Waals surface area contributed by atoms with Gasteiger partial charge in [0.05, 0.1) is 0 Å². The molecule has 1 aliphatic rings. The highest BCUT2D eigenvalue weighted by atomic mass is 16.1. The van der Waals surface area contributed by atoms with Crippen molar-refractivity contribution in [1.29, 1.82) is 0 Å². The van der Waals surface area contributed by atoms with Gasteiger partial charge in [-0.1, -0.05) is 18.2 Å². The first kappa shape index (κ1) is 8.30. The number of hydrogen-bond donors (Lipinski definition) is 0. The molecule has 1 amide bonds. The zero-order valence-corrected chi connectivity index (χ0v) is 7.79. The van der Waals surface area contributed by atoms with E-state index >= 15 is 0 Å². The molecular weight excluding hydrogens is 162 g/mol. The average Bonchev–Trinajstić information content (AvgIpc) is 2.18. The topological polar surface area (TPSA) is 20.3 Å². The van der Waals surface area contributed by atoms with Crippen LogP contribution in [0.15, 0.2) is 18.2 Å². The molecule has 0 saturated carbocycles. The molecule has 1 aromatic rings. The second kappa shape index (κ2) is 3.21. The smallest absolute Gasteiger partial charge is 0.210 e. The zero-order valence-electron chi connectivity index (χ0n) is 7.79. The minimum absolute atomic E-state index is 0.783. The molecule has 0 saturated heterocycles. The molecule has 68 valence electrons. The van der Waals surface area contributed by atoms with Crippen LogP contribution in [-0.4, -0.2) is 17.9 Å². The zero-order chi connectivity index (χ0) is 9.26. The van der Waals surface area contributed by atoms with E-state index in [2.05, 4.69) is 25.1 Å². The quantitative estimate of drug-likeness (QED) is 0.592. The number of hydrogen-bond acceptors (Lipinski definition) is 1. The molecule has 2 nitrogen and oxygen atoms in total. The van der Waals surface area contributed by atoms with Crippen LogP contribution in [0.5, 0.6) is 0 Å². The average molecular weight is 175 g/mol. The lowest BCUT2D eigenvalue weighted by Gasteiger charge is -2.26. The molecule has 13 heavy (non-hydrogen) atoms. The summed E-state index contributed by atoms with van der Waals surface area (Å²) >= 11 is 0. The number of amides is 1. The number of carbonyl (C=O) groups is 1. The van der Waals surface area contributed by atoms with Gasteiger partial charge in [0.15, 0.2) is 0 Å². The van der Waals surface area contributed by atoms with E-state index in [1.54, 1.807) is 0 Å². The normalized spacial score (nSPS) is 15.3. The molecule has 0 atom stereocenters. The maximum absolute atomic E-state index is 10.6. The van der Waals surface area contributed by atoms with Crippen molar-refractivity contribution in [3.05, 3.63) is 34.9 Å². The summed E-state index contributed by atoms with van der Waals surface area (Å²) in [6, 6.07) is 6.35. The maximum Gasteiger partial charge on any atom is 0.210 e. The van der Waals surface area contributed by atoms with Crippen molar-refractivity contribution in [2.45, 2.75) is 19.9 Å². The number of carbonyl (C=O) groups excluding carboxylic acids is 1. The number of nitrogens with zero attached hydrogens (tertiary/aromatic N) is 1. The maximum atomic E-state index is 10.6. The Morgan fingerprint density at radius 2 is 2.31 bits per heavy atom. The molecule has 2 rings (SSSR count). The summed E-state index contributed by atoms with van der Waals surface area (Å²) in [6.45, 7) is 3.75. The standard InChI is InChI=1S/C11H13NO/c1-9-3-2-4-10-5-6-12(8-13)7-11(9)10/h2-4,8H,5-7H2,1H3. The summed E-state index contributed by atoms with van der Waals surface area (Å²) in [5, 5.41) is 0. The highest BCUT2D eigenvalue weighted by Gasteiger charge is 2.15. The van der Waals surface area contributed by atoms with Crippen LogP contribution >= 0.6 is 0 Å². The molecule has 0 unspecified atom stereocenters. The fourth-order valence-electron chi connectivity index (χ4n) is 1.86. The van der Waals surface area contributed by atoms with Crippen LogP contribution in [0.1, 0.15) is 16.7 Å². The molecule has 0 fully saturated rings. The van der Waals surface area contributed by atoms with Crippen LogP contribution in [0.25, 0.3) is 0 Å². The van der Waals surface area contributed by atoms with Gasteiger partial charge in [-0.25, -0.2) is 0 Å². The Morgan fingerprint density at radius 3 is 3.08 bits per heavy atom. The predicted molar refractivity (Wildman–Crippen MR) is 51.4 cm³/mol. The van der Waals surface area contributed by atoms with Gasteiger partial charge in [0.25, 0.3) is 0 Å². The van der Waals surface area contributed by atoms with Crippen molar-refractivity contribution in [1.82, 2.24) is 4.90 Å². The van der Waals surface area contributed by atoms with Crippen molar-refractivity contribution in [2.75, 3.05) is 6.54 Å². The van der Waals surface area contributed by atoms with E-state index in [-0.39, 0.29) is 0 Å². The summed E-state index contributed by atoms with van der Waals surface area (Å²) < 4.78 is 0. The SMILES string of the molecule is Cc1cccc2c1CN(C=O)CC2. The highest BCUT2D eigenvalue weighted by molar-refractivity contribution is 5.50. The Labute approximate surface area is 78.2 Å². The van der Waals surface area contributed by atoms with Crippen LogP contribution in [-0.2, 0) is 17.8 Å². The van der Waals surface area contributed by atoms with Crippen molar-refractivity contribution in [3.63, 3.8) is 0 Å². The second-order valence-corrected chi connectivity index (χ2v) is 3.54. The molecule has 1 heterocycles. The number of fused-ring (bicyclic) bond motifs is 1. The van der Waals surface area contributed by atoms with E-state index in [1.807, 2.05) is 4.90 Å². The van der Waals surface area contributed by atoms with Gasteiger partial charge in [-0.05, 0) is 30.0 Å². The minimum Gasteiger partial charge on any atom is -0.341 e. The second-order valence-electron chi connectivity index (χ2n) is 3.54. The van der Waals surface area contributed by atoms with E-state index in [0.29, 0.717) is 0 Å². The summed E-state index contributed by atoms with van der Waals surface area (Å²) in [5.41, 5.74) is 4.03. The Kier molecular flexibility index (Phi) is 2.05. The summed E-state index contributed by atoms with van der Waals surface area (Å²) in [5.74, 6) is 0. The van der Waals surface area contributed by atoms with Gasteiger partial charge >= 0.3 is 0 Å². The van der Waals surface area contributed by atoms with Crippen LogP contribution in [0.4, 0.5) is 0 Å². The minimum atomic E-state index is 0.783. The lowest BCUT2D eigenvalue weighted by atomic mass is 9.96. The third-order valence-electron chi connectivity index (χ3n) is 2.69. The van der Waals surface area contributed by atoms with Gasteiger partial charge < -0.3 is 4.90 Å². The van der Waals surface area contributed by atoms with E-state index in [0.717, 1.165) is 25.9 Å². The first-order chi connectivity index (χ1) is 6.31. The van der Waals surface area contributed by atoms with Crippen LogP contribution in [0.3, 0.4) is 0 Å². The molecule has 0 aliphatic carbocycles. The fraction of sp³-hybridized carbons (Fsp3) is 0.364. The third-order valence-corrected chi connectivity index (χ3v) is 2.69. The van der Waals surface area contributed by atoms with Crippen molar-refractivity contribution in [2.24, 2.45) is 0 Å². The third kappa shape index (κ3) is 1.44. The fourth-order valence-corrected chi connectivity index (χ4v) is 1.86. The summed E-state index contributed by atoms with van der Waals surface area (Å²) in [6.07, 6.45) is 1.94. The number of aryl methyl sites for hydroxylation is 1. The molecule has 1 aromatic carbocycles. The van der Waals surface area contributed by atoms with Gasteiger partial charge in [0.2, 0.25) is 6.41 Å². The van der Waals surface area contributed by atoms with Gasteiger partial charge in [-0.2, -0.15) is 0 Å². The van der Waals surface area contributed by atoms with E-state index < -0.39 is 0 Å². The lowest BCUT2D eigenvalue weighted by Crippen LogP contribution is -2.29. The van der Waals surface area contributed by atoms with E-state index in [4.69, 9.17) is 0 Å². The van der Waals surface area contributed by atoms with Crippen LogP contribution in [0, 0.1) is 6.92 Å². The van der Waals surface area contributed by atoms with E-state index in [9.17, 15) is 4.79 Å². The largest absolute Gasteiger partial charge is 0.341 e. The summed E-state index contributed by atoms with van der Waals surface area (Å²) in [7, 11) is 0. The van der Waals surface area contributed by atoms with E-state index in [1.165, 1.54) is 16.7 Å². The summed E-state index contributed by atoms with van der Waals surface area (Å²) in [4.78, 5) is 12.4. The molecule has 0 aromatic heterocycles. The lowest BCUT2D eigenvalue weighted by molar-refractivity contribution is -0.118. The monoisotopic (exact) mass is 175 g/mol. The molecule has 0 bridgehead atoms.